The van der Waals surface area contributed by atoms with Crippen LogP contribution in [-0.4, -0.2) is 8.42 Å². The maximum Gasteiger partial charge on any atom is 0.268 e. The van der Waals surface area contributed by atoms with Crippen LogP contribution >= 0.6 is 35.3 Å². The van der Waals surface area contributed by atoms with Gasteiger partial charge >= 0.3 is 0 Å². The van der Waals surface area contributed by atoms with Crippen molar-refractivity contribution in [3.05, 3.63) is 161 Å². The fourth-order valence-electron chi connectivity index (χ4n) is 9.15. The second kappa shape index (κ2) is 16.3. The molecule has 0 radical (unpaired) electrons. The minimum Gasteiger partial charge on any atom is -0.308 e. The molecular weight excluding hydrogens is 911 g/mol. The molecule has 5 nitrogen and oxygen atoms in total. The van der Waals surface area contributed by atoms with E-state index in [0.29, 0.717) is 11.4 Å². The quantitative estimate of drug-likeness (QED) is 0.174. The van der Waals surface area contributed by atoms with Crippen LogP contribution in [0.5, 0.6) is 0 Å². The third-order valence-electron chi connectivity index (χ3n) is 13.3. The fourth-order valence-corrected chi connectivity index (χ4v) is 14.2. The van der Waals surface area contributed by atoms with Crippen molar-refractivity contribution in [1.82, 2.24) is 0 Å². The van der Waals surface area contributed by atoms with Crippen molar-refractivity contribution in [2.45, 2.75) is 146 Å². The van der Waals surface area contributed by atoms with Crippen molar-refractivity contribution in [2.75, 3.05) is 14.1 Å². The first-order valence-electron chi connectivity index (χ1n) is 23.5. The molecule has 0 saturated heterocycles. The van der Waals surface area contributed by atoms with Crippen LogP contribution in [0.2, 0.25) is 0 Å². The lowest BCUT2D eigenvalue weighted by molar-refractivity contribution is 0.587. The summed E-state index contributed by atoms with van der Waals surface area (Å²) in [5, 5.41) is 0. The van der Waals surface area contributed by atoms with Crippen LogP contribution in [0.15, 0.2) is 168 Å². The first-order chi connectivity index (χ1) is 31.9. The summed E-state index contributed by atoms with van der Waals surface area (Å²) in [6.07, 6.45) is 0. The lowest BCUT2D eigenvalue weighted by atomic mass is 9.86. The van der Waals surface area contributed by atoms with Gasteiger partial charge in [-0.1, -0.05) is 160 Å². The Morgan fingerprint density at radius 2 is 0.632 bits per heavy atom. The molecule has 3 heterocycles. The molecule has 7 aromatic carbocycles. The predicted molar refractivity (Wildman–Crippen MR) is 290 cm³/mol. The van der Waals surface area contributed by atoms with E-state index in [4.69, 9.17) is 0 Å². The number of aryl methyl sites for hydroxylation is 1. The Morgan fingerprint density at radius 3 is 0.926 bits per heavy atom. The third-order valence-corrected chi connectivity index (χ3v) is 18.4. The van der Waals surface area contributed by atoms with E-state index in [9.17, 15) is 0 Å². The van der Waals surface area contributed by atoms with Gasteiger partial charge in [0, 0.05) is 40.7 Å². The Labute approximate surface area is 417 Å². The van der Waals surface area contributed by atoms with E-state index in [1.807, 2.05) is 54.7 Å². The van der Waals surface area contributed by atoms with Crippen LogP contribution in [0.1, 0.15) is 111 Å². The number of rotatable bonds is 4. The lowest BCUT2D eigenvalue weighted by Gasteiger charge is -2.37. The fraction of sp³-hybridized carbons (Fsp3) is 0.288. The summed E-state index contributed by atoms with van der Waals surface area (Å²) in [5.74, 6) is 0. The summed E-state index contributed by atoms with van der Waals surface area (Å²) in [6.45, 7) is 29.1. The van der Waals surface area contributed by atoms with Crippen LogP contribution in [0.3, 0.4) is 0 Å². The van der Waals surface area contributed by atoms with Gasteiger partial charge in [-0.3, -0.25) is 0 Å². The SMILES string of the molecule is Cc1ccc(S(=O)(=O)N2c3ccc(N4c5ccc(C(C)(C)C)cc5Sc5cc(C(C)(C)C)ccc54)cc3Sc3cc(N4c5ccc(C(C)(C)C)cc5Sc5cc(C(C)(C)C)ccc54)ccc32)cc1. The van der Waals surface area contributed by atoms with E-state index in [2.05, 4.69) is 190 Å². The molecule has 348 valence electrons. The summed E-state index contributed by atoms with van der Waals surface area (Å²) >= 11 is 5.30. The van der Waals surface area contributed by atoms with Gasteiger partial charge in [-0.25, -0.2) is 12.7 Å². The molecule has 68 heavy (non-hydrogen) atoms. The summed E-state index contributed by atoms with van der Waals surface area (Å²) in [6, 6.07) is 47.2. The zero-order valence-electron chi connectivity index (χ0n) is 41.5. The monoisotopic (exact) mass is 971 g/mol. The van der Waals surface area contributed by atoms with Gasteiger partial charge in [0.2, 0.25) is 0 Å². The Hall–Kier alpha value is -5.06. The maximum absolute atomic E-state index is 15.2. The number of anilines is 8. The molecule has 7 aromatic rings. The zero-order chi connectivity index (χ0) is 48.5. The summed E-state index contributed by atoms with van der Waals surface area (Å²) < 4.78 is 32.0. The third kappa shape index (κ3) is 8.25. The zero-order valence-corrected chi connectivity index (χ0v) is 44.8. The van der Waals surface area contributed by atoms with Gasteiger partial charge in [0.1, 0.15) is 0 Å². The molecule has 0 saturated carbocycles. The maximum atomic E-state index is 15.2. The van der Waals surface area contributed by atoms with Crippen molar-refractivity contribution in [3.63, 3.8) is 0 Å². The first kappa shape index (κ1) is 46.7. The van der Waals surface area contributed by atoms with Crippen molar-refractivity contribution in [3.8, 4) is 0 Å². The average Bonchev–Trinajstić information content (AvgIpc) is 3.26. The van der Waals surface area contributed by atoms with E-state index >= 15 is 8.42 Å². The van der Waals surface area contributed by atoms with E-state index < -0.39 is 10.0 Å². The molecule has 0 aliphatic carbocycles. The van der Waals surface area contributed by atoms with Gasteiger partial charge in [-0.05, 0) is 148 Å². The number of hydrogen-bond donors (Lipinski definition) is 0. The van der Waals surface area contributed by atoms with Crippen LogP contribution in [0.25, 0.3) is 0 Å². The molecule has 0 bridgehead atoms. The van der Waals surface area contributed by atoms with Crippen molar-refractivity contribution in [2.24, 2.45) is 0 Å². The van der Waals surface area contributed by atoms with E-state index in [1.54, 1.807) is 28.2 Å². The molecule has 9 heteroatoms. The first-order valence-corrected chi connectivity index (χ1v) is 27.4. The Kier molecular flexibility index (Phi) is 11.2. The second-order valence-electron chi connectivity index (χ2n) is 22.6. The number of hydrogen-bond acceptors (Lipinski definition) is 7. The van der Waals surface area contributed by atoms with Crippen LogP contribution in [0.4, 0.5) is 45.5 Å². The highest BCUT2D eigenvalue weighted by molar-refractivity contribution is 8.00. The molecule has 10 rings (SSSR count). The van der Waals surface area contributed by atoms with Gasteiger partial charge < -0.3 is 9.80 Å². The number of sulfonamides is 1. The minimum atomic E-state index is -4.06. The standard InChI is InChI=1S/C59H61N3O2S4/c1-36-14-22-43(23-15-36)68(63,64)62-48-28-20-41(60-44-24-16-37(56(2,3)4)30-50(44)65-51-31-38(57(5,6)7)17-25-45(51)60)34-54(48)67-55-35-42(21-29-49(55)62)61-46-26-18-39(58(8,9)10)32-52(46)66-53-33-40(59(11,12)13)19-27-47(53)61/h14-35H,1-13H3. The molecule has 0 spiro atoms. The Morgan fingerprint density at radius 1 is 0.353 bits per heavy atom. The number of nitrogens with zero attached hydrogens (tertiary/aromatic N) is 3. The molecule has 0 N–H and O–H groups in total. The van der Waals surface area contributed by atoms with Crippen LogP contribution in [-0.2, 0) is 31.7 Å². The van der Waals surface area contributed by atoms with Gasteiger partial charge in [0.05, 0.1) is 39.0 Å². The van der Waals surface area contributed by atoms with E-state index in [0.717, 1.165) is 49.5 Å². The molecule has 0 aromatic heterocycles. The average molecular weight is 972 g/mol. The van der Waals surface area contributed by atoms with Gasteiger partial charge in [0.25, 0.3) is 10.0 Å². The molecule has 3 aliphatic rings. The normalized spacial score (nSPS) is 14.7. The predicted octanol–water partition coefficient (Wildman–Crippen LogP) is 18.0. The van der Waals surface area contributed by atoms with E-state index in [-0.39, 0.29) is 26.6 Å². The van der Waals surface area contributed by atoms with Crippen LogP contribution < -0.4 is 14.1 Å². The molecule has 0 fully saturated rings. The Bertz CT molecular complexity index is 2980. The van der Waals surface area contributed by atoms with Crippen LogP contribution in [0, 0.1) is 6.92 Å². The molecule has 3 aliphatic heterocycles. The number of fused-ring (bicyclic) bond motifs is 6. The van der Waals surface area contributed by atoms with Gasteiger partial charge in [-0.2, -0.15) is 0 Å². The summed E-state index contributed by atoms with van der Waals surface area (Å²) in [7, 11) is -4.06. The molecule has 0 atom stereocenters. The van der Waals surface area contributed by atoms with Crippen molar-refractivity contribution in [1.29, 1.82) is 0 Å². The Balaban J connectivity index is 1.15. The highest BCUT2D eigenvalue weighted by Crippen LogP contribution is 2.59. The smallest absolute Gasteiger partial charge is 0.268 e. The lowest BCUT2D eigenvalue weighted by Crippen LogP contribution is -2.29. The molecular formula is C59H61N3O2S4. The summed E-state index contributed by atoms with van der Waals surface area (Å²) in [5.41, 5.74) is 13.7. The van der Waals surface area contributed by atoms with Gasteiger partial charge in [-0.15, -0.1) is 0 Å². The second-order valence-corrected chi connectivity index (χ2v) is 27.6. The van der Waals surface area contributed by atoms with Crippen molar-refractivity contribution >= 4 is 90.8 Å². The summed E-state index contributed by atoms with van der Waals surface area (Å²) in [4.78, 5) is 11.5. The van der Waals surface area contributed by atoms with E-state index in [1.165, 1.54) is 41.8 Å². The highest BCUT2D eigenvalue weighted by atomic mass is 32.2. The highest BCUT2D eigenvalue weighted by Gasteiger charge is 2.37. The minimum absolute atomic E-state index is 0.0169. The number of benzene rings is 7. The largest absolute Gasteiger partial charge is 0.308 e. The van der Waals surface area contributed by atoms with Crippen molar-refractivity contribution < 1.29 is 8.42 Å². The van der Waals surface area contributed by atoms with Gasteiger partial charge in [0.15, 0.2) is 0 Å². The molecule has 0 amide bonds. The molecule has 0 unspecified atom stereocenters. The topological polar surface area (TPSA) is 43.9 Å².